The van der Waals surface area contributed by atoms with Gasteiger partial charge in [0.25, 0.3) is 5.91 Å². The molecule has 0 aromatic carbocycles. The molecule has 160 valence electrons. The van der Waals surface area contributed by atoms with Crippen LogP contribution in [0.15, 0.2) is 23.7 Å². The molecule has 3 aromatic heterocycles. The van der Waals surface area contributed by atoms with Crippen molar-refractivity contribution in [3.8, 4) is 6.07 Å². The summed E-state index contributed by atoms with van der Waals surface area (Å²) >= 11 is 2.72. The van der Waals surface area contributed by atoms with Gasteiger partial charge in [-0.25, -0.2) is 4.68 Å². The summed E-state index contributed by atoms with van der Waals surface area (Å²) in [6, 6.07) is 3.29. The molecule has 0 unspecified atom stereocenters. The molecule has 31 heavy (non-hydrogen) atoms. The number of fused-ring (bicyclic) bond motifs is 2. The Kier molecular flexibility index (Phi) is 4.79. The normalized spacial score (nSPS) is 19.9. The van der Waals surface area contributed by atoms with Gasteiger partial charge < -0.3 is 10.6 Å². The van der Waals surface area contributed by atoms with E-state index in [-0.39, 0.29) is 17.8 Å². The molecule has 3 aromatic rings. The highest BCUT2D eigenvalue weighted by Crippen LogP contribution is 2.45. The molecule has 0 fully saturated rings. The smallest absolute Gasteiger partial charge is 0.362 e. The second-order valence-electron chi connectivity index (χ2n) is 7.48. The van der Waals surface area contributed by atoms with Crippen molar-refractivity contribution in [3.05, 3.63) is 50.2 Å². The minimum absolute atomic E-state index is 0.0213. The molecule has 5 rings (SSSR count). The van der Waals surface area contributed by atoms with Gasteiger partial charge in [0, 0.05) is 16.2 Å². The third-order valence-corrected chi connectivity index (χ3v) is 7.82. The summed E-state index contributed by atoms with van der Waals surface area (Å²) in [6.07, 6.45) is -0.921. The zero-order chi connectivity index (χ0) is 21.8. The molecule has 1 amide bonds. The lowest BCUT2D eigenvalue weighted by atomic mass is 10.0. The maximum Gasteiger partial charge on any atom is 0.410 e. The van der Waals surface area contributed by atoms with Crippen molar-refractivity contribution in [2.24, 2.45) is 0 Å². The van der Waals surface area contributed by atoms with Gasteiger partial charge in [0.1, 0.15) is 22.5 Å². The number of anilines is 2. The van der Waals surface area contributed by atoms with Crippen LogP contribution in [0, 0.1) is 11.3 Å². The van der Waals surface area contributed by atoms with Crippen LogP contribution in [-0.2, 0) is 12.8 Å². The highest BCUT2D eigenvalue weighted by Gasteiger charge is 2.47. The Labute approximate surface area is 183 Å². The SMILES string of the molecule is N#Cc1c(NC(=O)c2cnn3c2N[C@@H](c2cccs2)C[C@@H]3C(F)(F)F)sc2c1CCC2. The van der Waals surface area contributed by atoms with Crippen molar-refractivity contribution in [1.82, 2.24) is 9.78 Å². The Morgan fingerprint density at radius 2 is 2.23 bits per heavy atom. The number of nitrogens with zero attached hydrogens (tertiary/aromatic N) is 3. The summed E-state index contributed by atoms with van der Waals surface area (Å²) in [5, 5.41) is 21.5. The second kappa shape index (κ2) is 7.39. The molecule has 0 bridgehead atoms. The first-order valence-corrected chi connectivity index (χ1v) is 11.4. The molecule has 0 saturated heterocycles. The Hall–Kier alpha value is -2.84. The van der Waals surface area contributed by atoms with E-state index in [0.717, 1.165) is 45.5 Å². The van der Waals surface area contributed by atoms with E-state index in [1.165, 1.54) is 22.7 Å². The number of halogens is 3. The van der Waals surface area contributed by atoms with Crippen molar-refractivity contribution < 1.29 is 18.0 Å². The zero-order valence-electron chi connectivity index (χ0n) is 16.0. The van der Waals surface area contributed by atoms with E-state index in [0.29, 0.717) is 10.6 Å². The number of thiophene rings is 2. The average molecular weight is 464 g/mol. The molecule has 4 heterocycles. The number of amides is 1. The van der Waals surface area contributed by atoms with Gasteiger partial charge in [-0.05, 0) is 36.3 Å². The van der Waals surface area contributed by atoms with E-state index in [1.807, 2.05) is 0 Å². The van der Waals surface area contributed by atoms with Gasteiger partial charge in [0.05, 0.1) is 17.8 Å². The number of alkyl halides is 3. The standard InChI is InChI=1S/C20H16F3N5OS2/c21-20(22,23)16-7-13(15-5-2-6-30-15)26-17-12(9-25-28(16)17)18(29)27-19-11(8-24)10-3-1-4-14(10)31-19/h2,5-6,9,13,16,26H,1,3-4,7H2,(H,27,29)/t13-,16-/m1/s1. The number of hydrogen-bond donors (Lipinski definition) is 2. The summed E-state index contributed by atoms with van der Waals surface area (Å²) in [6.45, 7) is 0. The topological polar surface area (TPSA) is 82.7 Å². The van der Waals surface area contributed by atoms with Crippen LogP contribution in [0.5, 0.6) is 0 Å². The fourth-order valence-electron chi connectivity index (χ4n) is 4.19. The molecule has 6 nitrogen and oxygen atoms in total. The quantitative estimate of drug-likeness (QED) is 0.554. The number of nitrogens with one attached hydrogen (secondary N) is 2. The van der Waals surface area contributed by atoms with Gasteiger partial charge in [-0.1, -0.05) is 6.07 Å². The summed E-state index contributed by atoms with van der Waals surface area (Å²) in [7, 11) is 0. The van der Waals surface area contributed by atoms with Crippen molar-refractivity contribution in [2.45, 2.75) is 43.9 Å². The predicted molar refractivity (Wildman–Crippen MR) is 112 cm³/mol. The van der Waals surface area contributed by atoms with Crippen molar-refractivity contribution in [2.75, 3.05) is 10.6 Å². The fraction of sp³-hybridized carbons (Fsp3) is 0.350. The van der Waals surface area contributed by atoms with Crippen LogP contribution in [0.25, 0.3) is 0 Å². The van der Waals surface area contributed by atoms with E-state index in [4.69, 9.17) is 0 Å². The Morgan fingerprint density at radius 1 is 1.39 bits per heavy atom. The van der Waals surface area contributed by atoms with Crippen molar-refractivity contribution in [3.63, 3.8) is 0 Å². The van der Waals surface area contributed by atoms with Gasteiger partial charge in [-0.2, -0.15) is 23.5 Å². The number of rotatable bonds is 3. The molecule has 11 heteroatoms. The van der Waals surface area contributed by atoms with Gasteiger partial charge in [-0.15, -0.1) is 22.7 Å². The lowest BCUT2D eigenvalue weighted by molar-refractivity contribution is -0.173. The maximum absolute atomic E-state index is 13.8. The number of nitriles is 1. The molecule has 0 spiro atoms. The van der Waals surface area contributed by atoms with E-state index < -0.39 is 24.2 Å². The van der Waals surface area contributed by atoms with Gasteiger partial charge in [0.15, 0.2) is 6.04 Å². The number of aryl methyl sites for hydroxylation is 1. The fourth-order valence-corrected chi connectivity index (χ4v) is 6.21. The van der Waals surface area contributed by atoms with E-state index in [1.54, 1.807) is 17.5 Å². The van der Waals surface area contributed by atoms with Crippen molar-refractivity contribution >= 4 is 39.4 Å². The average Bonchev–Trinajstić information content (AvgIpc) is 3.49. The molecule has 2 N–H and O–H groups in total. The number of hydrogen-bond acceptors (Lipinski definition) is 6. The minimum atomic E-state index is -4.51. The lowest BCUT2D eigenvalue weighted by Crippen LogP contribution is -2.36. The van der Waals surface area contributed by atoms with Gasteiger partial charge in [-0.3, -0.25) is 4.79 Å². The first kappa shape index (κ1) is 20.1. The second-order valence-corrected chi connectivity index (χ2v) is 9.57. The molecule has 0 radical (unpaired) electrons. The number of aromatic nitrogens is 2. The lowest BCUT2D eigenvalue weighted by Gasteiger charge is -2.33. The summed E-state index contributed by atoms with van der Waals surface area (Å²) in [4.78, 5) is 14.8. The van der Waals surface area contributed by atoms with Crippen LogP contribution in [-0.4, -0.2) is 21.9 Å². The predicted octanol–water partition coefficient (Wildman–Crippen LogP) is 5.28. The highest BCUT2D eigenvalue weighted by molar-refractivity contribution is 7.16. The van der Waals surface area contributed by atoms with Crippen LogP contribution >= 0.6 is 22.7 Å². The monoisotopic (exact) mass is 463 g/mol. The molecular formula is C20H16F3N5OS2. The Balaban J connectivity index is 1.49. The number of carbonyl (C=O) groups excluding carboxylic acids is 1. The van der Waals surface area contributed by atoms with Gasteiger partial charge in [0.2, 0.25) is 0 Å². The van der Waals surface area contributed by atoms with Crippen LogP contribution < -0.4 is 10.6 Å². The minimum Gasteiger partial charge on any atom is -0.362 e. The van der Waals surface area contributed by atoms with Crippen LogP contribution in [0.4, 0.5) is 24.0 Å². The molecule has 1 aliphatic heterocycles. The van der Waals surface area contributed by atoms with Gasteiger partial charge >= 0.3 is 6.18 Å². The maximum atomic E-state index is 13.8. The van der Waals surface area contributed by atoms with Crippen LogP contribution in [0.1, 0.15) is 56.2 Å². The Morgan fingerprint density at radius 3 is 2.94 bits per heavy atom. The van der Waals surface area contributed by atoms with Crippen molar-refractivity contribution in [1.29, 1.82) is 5.26 Å². The third-order valence-electron chi connectivity index (χ3n) is 5.63. The molecule has 2 aliphatic rings. The van der Waals surface area contributed by atoms with E-state index in [9.17, 15) is 23.2 Å². The molecule has 1 aliphatic carbocycles. The van der Waals surface area contributed by atoms with Crippen LogP contribution in [0.2, 0.25) is 0 Å². The molecular weight excluding hydrogens is 447 g/mol. The highest BCUT2D eigenvalue weighted by atomic mass is 32.1. The summed E-state index contributed by atoms with van der Waals surface area (Å²) in [5.41, 5.74) is 1.44. The summed E-state index contributed by atoms with van der Waals surface area (Å²) in [5.74, 6) is -0.551. The zero-order valence-corrected chi connectivity index (χ0v) is 17.6. The molecule has 0 saturated carbocycles. The number of carbonyl (C=O) groups is 1. The largest absolute Gasteiger partial charge is 0.410 e. The van der Waals surface area contributed by atoms with Crippen LogP contribution in [0.3, 0.4) is 0 Å². The summed E-state index contributed by atoms with van der Waals surface area (Å²) < 4.78 is 42.1. The third kappa shape index (κ3) is 3.40. The van der Waals surface area contributed by atoms with E-state index in [2.05, 4.69) is 21.8 Å². The first-order chi connectivity index (χ1) is 14.9. The van der Waals surface area contributed by atoms with E-state index >= 15 is 0 Å². The first-order valence-electron chi connectivity index (χ1n) is 9.67. The molecule has 2 atom stereocenters. The Bertz CT molecular complexity index is 1190.